The average molecular weight is 533 g/mol. The largest absolute Gasteiger partial charge is 0.494 e. The first-order valence-corrected chi connectivity index (χ1v) is 11.5. The van der Waals surface area contributed by atoms with Crippen LogP contribution in [0.1, 0.15) is 19.4 Å². The molecule has 0 saturated heterocycles. The summed E-state index contributed by atoms with van der Waals surface area (Å²) in [5, 5.41) is 27.9. The minimum Gasteiger partial charge on any atom is -0.494 e. The number of anilines is 5. The van der Waals surface area contributed by atoms with Crippen molar-refractivity contribution in [1.29, 1.82) is 0 Å². The fourth-order valence-electron chi connectivity index (χ4n) is 3.56. The van der Waals surface area contributed by atoms with E-state index in [0.717, 1.165) is 18.5 Å². The van der Waals surface area contributed by atoms with E-state index in [9.17, 15) is 24.0 Å². The van der Waals surface area contributed by atoms with Crippen LogP contribution in [-0.4, -0.2) is 71.2 Å². The highest BCUT2D eigenvalue weighted by Crippen LogP contribution is 2.39. The lowest BCUT2D eigenvalue weighted by Gasteiger charge is -2.23. The number of hydrogen-bond donors (Lipinski definition) is 3. The normalized spacial score (nSPS) is 11.4. The molecule has 0 amide bonds. The molecule has 0 fully saturated rings. The van der Waals surface area contributed by atoms with Crippen LogP contribution >= 0.6 is 0 Å². The maximum absolute atomic E-state index is 13.9. The highest BCUT2D eigenvalue weighted by atomic mass is 19.2. The summed E-state index contributed by atoms with van der Waals surface area (Å²) < 4.78 is 33.2. The molecule has 0 aliphatic carbocycles. The van der Waals surface area contributed by atoms with Gasteiger partial charge in [0.15, 0.2) is 11.6 Å². The van der Waals surface area contributed by atoms with Gasteiger partial charge in [0.2, 0.25) is 11.9 Å². The van der Waals surface area contributed by atoms with Crippen LogP contribution < -0.4 is 20.3 Å². The number of aromatic nitrogens is 3. The molecular weight excluding hydrogens is 502 g/mol. The summed E-state index contributed by atoms with van der Waals surface area (Å²) >= 11 is 0. The van der Waals surface area contributed by atoms with Gasteiger partial charge in [0, 0.05) is 43.9 Å². The Kier molecular flexibility index (Phi) is 8.58. The molecule has 3 N–H and O–H groups in total. The van der Waals surface area contributed by atoms with Gasteiger partial charge in [0.1, 0.15) is 17.8 Å². The second-order valence-electron chi connectivity index (χ2n) is 9.28. The molecule has 2 aromatic carbocycles. The highest BCUT2D eigenvalue weighted by molar-refractivity contribution is 5.76. The zero-order valence-corrected chi connectivity index (χ0v) is 21.9. The van der Waals surface area contributed by atoms with Crippen molar-refractivity contribution in [1.82, 2.24) is 19.9 Å². The van der Waals surface area contributed by atoms with Crippen LogP contribution in [0, 0.1) is 21.7 Å². The molecule has 3 aromatic rings. The number of rotatable bonds is 11. The molecule has 0 unspecified atom stereocenters. The van der Waals surface area contributed by atoms with E-state index in [4.69, 9.17) is 4.74 Å². The van der Waals surface area contributed by atoms with Crippen LogP contribution in [-0.2, 0) is 5.60 Å². The van der Waals surface area contributed by atoms with Crippen LogP contribution in [0.3, 0.4) is 0 Å². The third-order valence-corrected chi connectivity index (χ3v) is 5.57. The third kappa shape index (κ3) is 6.77. The quantitative estimate of drug-likeness (QED) is 0.245. The molecule has 14 heteroatoms. The number of methoxy groups -OCH3 is 1. The first-order valence-electron chi connectivity index (χ1n) is 11.5. The van der Waals surface area contributed by atoms with Gasteiger partial charge >= 0.3 is 0 Å². The Morgan fingerprint density at radius 1 is 1.03 bits per heavy atom. The molecule has 0 spiro atoms. The van der Waals surface area contributed by atoms with Gasteiger partial charge < -0.3 is 30.3 Å². The molecular formula is C24H30F2N8O4. The molecule has 1 heterocycles. The number of nitro groups is 1. The Morgan fingerprint density at radius 3 is 2.18 bits per heavy atom. The van der Waals surface area contributed by atoms with E-state index in [1.54, 1.807) is 18.0 Å². The van der Waals surface area contributed by atoms with Gasteiger partial charge in [-0.05, 0) is 34.0 Å². The summed E-state index contributed by atoms with van der Waals surface area (Å²) in [5.74, 6) is -1.98. The summed E-state index contributed by atoms with van der Waals surface area (Å²) in [6, 6.07) is 4.64. The van der Waals surface area contributed by atoms with E-state index >= 15 is 0 Å². The van der Waals surface area contributed by atoms with E-state index < -0.39 is 22.2 Å². The van der Waals surface area contributed by atoms with Crippen molar-refractivity contribution in [3.63, 3.8) is 0 Å². The molecule has 0 aliphatic rings. The smallest absolute Gasteiger partial charge is 0.294 e. The number of nitrogens with one attached hydrogen (secondary N) is 2. The zero-order valence-electron chi connectivity index (χ0n) is 21.9. The summed E-state index contributed by atoms with van der Waals surface area (Å²) in [6.07, 6.45) is 1.16. The predicted molar refractivity (Wildman–Crippen MR) is 139 cm³/mol. The summed E-state index contributed by atoms with van der Waals surface area (Å²) in [4.78, 5) is 27.3. The topological polar surface area (TPSA) is 142 Å². The van der Waals surface area contributed by atoms with Crippen LogP contribution in [0.4, 0.5) is 43.4 Å². The fraction of sp³-hybridized carbons (Fsp3) is 0.375. The van der Waals surface area contributed by atoms with E-state index in [2.05, 4.69) is 25.6 Å². The van der Waals surface area contributed by atoms with Gasteiger partial charge in [-0.3, -0.25) is 10.1 Å². The minimum absolute atomic E-state index is 0.00352. The molecule has 0 bridgehead atoms. The first-order chi connectivity index (χ1) is 17.8. The van der Waals surface area contributed by atoms with Crippen LogP contribution in [0.5, 0.6) is 5.75 Å². The number of likely N-dealkylation sites (N-methyl/N-ethyl adjacent to an activating group) is 2. The van der Waals surface area contributed by atoms with Crippen molar-refractivity contribution in [2.24, 2.45) is 0 Å². The summed E-state index contributed by atoms with van der Waals surface area (Å²) in [5.41, 5.74) is -0.928. The average Bonchev–Trinajstić information content (AvgIpc) is 2.83. The Hall–Kier alpha value is -4.17. The highest BCUT2D eigenvalue weighted by Gasteiger charge is 2.25. The molecule has 0 atom stereocenters. The number of nitro benzene ring substituents is 1. The number of halogens is 2. The Balaban J connectivity index is 1.94. The second-order valence-corrected chi connectivity index (χ2v) is 9.28. The van der Waals surface area contributed by atoms with Gasteiger partial charge in [0.25, 0.3) is 5.69 Å². The lowest BCUT2D eigenvalue weighted by Crippen LogP contribution is -2.29. The van der Waals surface area contributed by atoms with E-state index in [-0.39, 0.29) is 34.5 Å². The Labute approximate surface area is 218 Å². The van der Waals surface area contributed by atoms with Gasteiger partial charge in [-0.2, -0.15) is 4.98 Å². The number of benzene rings is 2. The molecule has 12 nitrogen and oxygen atoms in total. The van der Waals surface area contributed by atoms with Gasteiger partial charge in [-0.15, -0.1) is 0 Å². The van der Waals surface area contributed by atoms with Crippen molar-refractivity contribution in [3.05, 3.63) is 57.9 Å². The number of aliphatic hydroxyl groups is 1. The summed E-state index contributed by atoms with van der Waals surface area (Å²) in [7, 11) is 7.00. The maximum atomic E-state index is 13.9. The maximum Gasteiger partial charge on any atom is 0.294 e. The lowest BCUT2D eigenvalue weighted by molar-refractivity contribution is -0.384. The molecule has 0 aliphatic heterocycles. The van der Waals surface area contributed by atoms with Crippen molar-refractivity contribution in [2.45, 2.75) is 19.4 Å². The fourth-order valence-corrected chi connectivity index (χ4v) is 3.56. The van der Waals surface area contributed by atoms with Crippen LogP contribution in [0.15, 0.2) is 30.6 Å². The SMILES string of the molecule is COc1cc(N(C)CCN(C)C)c([N+](=O)[O-])cc1Nc1ncnc(Nc2cc(F)c(F)cc2C(C)(C)O)n1. The molecule has 0 saturated carbocycles. The number of nitrogens with zero attached hydrogens (tertiary/aromatic N) is 6. The van der Waals surface area contributed by atoms with Crippen LogP contribution in [0.2, 0.25) is 0 Å². The van der Waals surface area contributed by atoms with Crippen molar-refractivity contribution in [3.8, 4) is 5.75 Å². The van der Waals surface area contributed by atoms with Crippen molar-refractivity contribution < 1.29 is 23.5 Å². The van der Waals surface area contributed by atoms with Gasteiger partial charge in [0.05, 0.1) is 29.0 Å². The molecule has 3 rings (SSSR count). The van der Waals surface area contributed by atoms with Crippen molar-refractivity contribution in [2.75, 3.05) is 56.9 Å². The third-order valence-electron chi connectivity index (χ3n) is 5.57. The van der Waals surface area contributed by atoms with Gasteiger partial charge in [-0.25, -0.2) is 18.7 Å². The first kappa shape index (κ1) is 28.4. The van der Waals surface area contributed by atoms with Crippen molar-refractivity contribution >= 4 is 34.6 Å². The predicted octanol–water partition coefficient (Wildman–Crippen LogP) is 3.78. The molecule has 0 radical (unpaired) electrons. The Bertz CT molecular complexity index is 1320. The van der Waals surface area contributed by atoms with E-state index in [0.29, 0.717) is 24.5 Å². The standard InChI is InChI=1S/C24H30F2N8O4/c1-24(2,35)14-9-15(25)16(26)10-17(14)29-22-27-13-28-23(31-22)30-18-11-20(34(36)37)19(12-21(18)38-6)33(5)8-7-32(3)4/h9-13,35H,7-8H2,1-6H3,(H2,27,28,29,30,31). The molecule has 1 aromatic heterocycles. The monoisotopic (exact) mass is 532 g/mol. The van der Waals surface area contributed by atoms with Gasteiger partial charge in [-0.1, -0.05) is 0 Å². The number of hydrogen-bond acceptors (Lipinski definition) is 11. The molecule has 204 valence electrons. The van der Waals surface area contributed by atoms with E-state index in [1.165, 1.54) is 27.0 Å². The van der Waals surface area contributed by atoms with Crippen LogP contribution in [0.25, 0.3) is 0 Å². The zero-order chi connectivity index (χ0) is 28.2. The number of ether oxygens (including phenoxy) is 1. The summed E-state index contributed by atoms with van der Waals surface area (Å²) in [6.45, 7) is 4.07. The Morgan fingerprint density at radius 2 is 1.63 bits per heavy atom. The minimum atomic E-state index is -1.50. The molecule has 38 heavy (non-hydrogen) atoms. The lowest BCUT2D eigenvalue weighted by atomic mass is 9.96. The second kappa shape index (κ2) is 11.5. The van der Waals surface area contributed by atoms with E-state index in [1.807, 2.05) is 19.0 Å².